The zero-order valence-corrected chi connectivity index (χ0v) is 19.7. The number of piperidine rings is 1. The zero-order chi connectivity index (χ0) is 22.7. The number of nitrogens with one attached hydrogen (secondary N) is 2. The maximum absolute atomic E-state index is 4.79. The van der Waals surface area contributed by atoms with Crippen LogP contribution in [0.1, 0.15) is 48.7 Å². The molecule has 0 saturated carbocycles. The van der Waals surface area contributed by atoms with E-state index in [-0.39, 0.29) is 0 Å². The Morgan fingerprint density at radius 1 is 0.879 bits per heavy atom. The number of nitrogens with zero attached hydrogens (tertiary/aromatic N) is 4. The molecule has 0 amide bonds. The first-order valence-electron chi connectivity index (χ1n) is 12.2. The minimum absolute atomic E-state index is 0.625. The highest BCUT2D eigenvalue weighted by Gasteiger charge is 2.10. The van der Waals surface area contributed by atoms with Crippen molar-refractivity contribution in [1.29, 1.82) is 0 Å². The number of hydrogen-bond donors (Lipinski definition) is 2. The van der Waals surface area contributed by atoms with Crippen LogP contribution >= 0.6 is 0 Å². The van der Waals surface area contributed by atoms with E-state index in [1.807, 2.05) is 18.5 Å². The molecule has 0 aliphatic carbocycles. The first-order valence-corrected chi connectivity index (χ1v) is 12.2. The Balaban J connectivity index is 1.31. The molecule has 4 rings (SSSR count). The Bertz CT molecular complexity index is 987. The van der Waals surface area contributed by atoms with Crippen LogP contribution in [0.4, 0.5) is 0 Å². The van der Waals surface area contributed by atoms with Gasteiger partial charge in [0.15, 0.2) is 5.96 Å². The van der Waals surface area contributed by atoms with Crippen LogP contribution in [-0.4, -0.2) is 40.0 Å². The Morgan fingerprint density at radius 2 is 1.61 bits per heavy atom. The summed E-state index contributed by atoms with van der Waals surface area (Å²) >= 11 is 0. The van der Waals surface area contributed by atoms with Crippen molar-refractivity contribution < 1.29 is 0 Å². The van der Waals surface area contributed by atoms with Crippen LogP contribution < -0.4 is 10.6 Å². The largest absolute Gasteiger partial charge is 0.357 e. The maximum Gasteiger partial charge on any atom is 0.191 e. The van der Waals surface area contributed by atoms with Crippen LogP contribution in [-0.2, 0) is 26.2 Å². The molecule has 1 aliphatic heterocycles. The van der Waals surface area contributed by atoms with Crippen molar-refractivity contribution in [1.82, 2.24) is 25.1 Å². The monoisotopic (exact) mass is 444 g/mol. The molecule has 0 bridgehead atoms. The summed E-state index contributed by atoms with van der Waals surface area (Å²) in [5, 5.41) is 6.78. The Labute approximate surface area is 197 Å². The number of aromatic nitrogens is 2. The van der Waals surface area contributed by atoms with Crippen molar-refractivity contribution in [3.63, 3.8) is 0 Å². The number of likely N-dealkylation sites (tertiary alicyclic amines) is 1. The zero-order valence-electron chi connectivity index (χ0n) is 19.7. The van der Waals surface area contributed by atoms with Gasteiger partial charge in [0.2, 0.25) is 0 Å². The molecule has 174 valence electrons. The highest BCUT2D eigenvalue weighted by molar-refractivity contribution is 5.79. The molecule has 1 saturated heterocycles. The third kappa shape index (κ3) is 7.19. The Hall–Kier alpha value is -3.12. The molecule has 2 heterocycles. The lowest BCUT2D eigenvalue weighted by atomic mass is 10.1. The van der Waals surface area contributed by atoms with Gasteiger partial charge in [-0.05, 0) is 49.5 Å². The quantitative estimate of drug-likeness (QED) is 0.384. The van der Waals surface area contributed by atoms with Crippen molar-refractivity contribution in [2.24, 2.45) is 4.99 Å². The molecule has 3 aromatic rings. The van der Waals surface area contributed by atoms with Gasteiger partial charge >= 0.3 is 0 Å². The second-order valence-corrected chi connectivity index (χ2v) is 8.66. The first kappa shape index (κ1) is 23.1. The van der Waals surface area contributed by atoms with Crippen molar-refractivity contribution in [2.45, 2.75) is 52.4 Å². The summed E-state index contributed by atoms with van der Waals surface area (Å²) < 4.78 is 2.17. The molecule has 0 radical (unpaired) electrons. The average Bonchev–Trinajstić information content (AvgIpc) is 3.30. The number of hydrogen-bond acceptors (Lipinski definition) is 3. The molecule has 1 aromatic heterocycles. The molecule has 33 heavy (non-hydrogen) atoms. The van der Waals surface area contributed by atoms with Crippen LogP contribution in [0.15, 0.2) is 72.0 Å². The highest BCUT2D eigenvalue weighted by atomic mass is 15.2. The summed E-state index contributed by atoms with van der Waals surface area (Å²) in [7, 11) is 0. The van der Waals surface area contributed by atoms with Gasteiger partial charge in [-0.1, -0.05) is 61.0 Å². The van der Waals surface area contributed by atoms with E-state index in [2.05, 4.69) is 80.5 Å². The van der Waals surface area contributed by atoms with Crippen molar-refractivity contribution >= 4 is 5.96 Å². The van der Waals surface area contributed by atoms with E-state index in [0.717, 1.165) is 31.4 Å². The number of aliphatic imine (C=N–C) groups is 1. The molecule has 2 N–H and O–H groups in total. The lowest BCUT2D eigenvalue weighted by Crippen LogP contribution is -2.37. The predicted molar refractivity (Wildman–Crippen MR) is 135 cm³/mol. The smallest absolute Gasteiger partial charge is 0.191 e. The third-order valence-electron chi connectivity index (χ3n) is 6.05. The molecule has 6 heteroatoms. The molecular formula is C27H36N6. The van der Waals surface area contributed by atoms with Gasteiger partial charge in [-0.25, -0.2) is 9.98 Å². The van der Waals surface area contributed by atoms with Crippen LogP contribution in [0, 0.1) is 0 Å². The lowest BCUT2D eigenvalue weighted by Gasteiger charge is -2.26. The molecule has 6 nitrogen and oxygen atoms in total. The fraction of sp³-hybridized carbons (Fsp3) is 0.407. The minimum Gasteiger partial charge on any atom is -0.357 e. The van der Waals surface area contributed by atoms with Gasteiger partial charge in [0.1, 0.15) is 5.82 Å². The molecule has 1 aliphatic rings. The van der Waals surface area contributed by atoms with Crippen molar-refractivity contribution in [3.8, 4) is 0 Å². The van der Waals surface area contributed by atoms with Gasteiger partial charge < -0.3 is 15.2 Å². The van der Waals surface area contributed by atoms with Crippen molar-refractivity contribution in [3.05, 3.63) is 89.5 Å². The summed E-state index contributed by atoms with van der Waals surface area (Å²) in [5.74, 6) is 1.80. The topological polar surface area (TPSA) is 57.5 Å². The van der Waals surface area contributed by atoms with Crippen molar-refractivity contribution in [2.75, 3.05) is 19.6 Å². The normalized spacial score (nSPS) is 14.9. The summed E-state index contributed by atoms with van der Waals surface area (Å²) in [6.07, 6.45) is 7.93. The highest BCUT2D eigenvalue weighted by Crippen LogP contribution is 2.14. The standard InChI is InChI=1S/C27H36N6/c1-2-28-27(31-20-26-29-15-18-33(26)22-24-9-5-3-6-10-24)30-19-23-11-13-25(14-12-23)21-32-16-7-4-8-17-32/h3,5-6,9-15,18H,2,4,7-8,16-17,19-22H2,1H3,(H2,28,30,31). The van der Waals surface area contributed by atoms with Crippen LogP contribution in [0.3, 0.4) is 0 Å². The number of benzene rings is 2. The third-order valence-corrected chi connectivity index (χ3v) is 6.05. The van der Waals surface area contributed by atoms with E-state index in [4.69, 9.17) is 4.99 Å². The fourth-order valence-corrected chi connectivity index (χ4v) is 4.23. The van der Waals surface area contributed by atoms with Gasteiger partial charge in [-0.2, -0.15) is 0 Å². The summed E-state index contributed by atoms with van der Waals surface area (Å²) in [6, 6.07) is 19.4. The van der Waals surface area contributed by atoms with E-state index >= 15 is 0 Å². The lowest BCUT2D eigenvalue weighted by molar-refractivity contribution is 0.221. The van der Waals surface area contributed by atoms with Crippen LogP contribution in [0.25, 0.3) is 0 Å². The average molecular weight is 445 g/mol. The van der Waals surface area contributed by atoms with E-state index in [1.165, 1.54) is 49.0 Å². The first-order chi connectivity index (χ1) is 16.3. The van der Waals surface area contributed by atoms with E-state index in [9.17, 15) is 0 Å². The second-order valence-electron chi connectivity index (χ2n) is 8.66. The van der Waals surface area contributed by atoms with Gasteiger partial charge in [-0.3, -0.25) is 4.90 Å². The minimum atomic E-state index is 0.625. The second kappa shape index (κ2) is 12.2. The van der Waals surface area contributed by atoms with Crippen LogP contribution in [0.5, 0.6) is 0 Å². The number of imidazole rings is 1. The molecule has 1 fully saturated rings. The van der Waals surface area contributed by atoms with Gasteiger partial charge in [0.25, 0.3) is 0 Å². The number of rotatable bonds is 9. The fourth-order valence-electron chi connectivity index (χ4n) is 4.23. The summed E-state index contributed by atoms with van der Waals surface area (Å²) in [6.45, 7) is 8.51. The van der Waals surface area contributed by atoms with Gasteiger partial charge in [-0.15, -0.1) is 0 Å². The maximum atomic E-state index is 4.79. The predicted octanol–water partition coefficient (Wildman–Crippen LogP) is 4.17. The Morgan fingerprint density at radius 3 is 2.36 bits per heavy atom. The SMILES string of the molecule is CCNC(=NCc1ccc(CN2CCCCC2)cc1)NCc1nccn1Cc1ccccc1. The van der Waals surface area contributed by atoms with E-state index in [0.29, 0.717) is 13.1 Å². The summed E-state index contributed by atoms with van der Waals surface area (Å²) in [4.78, 5) is 11.9. The van der Waals surface area contributed by atoms with E-state index < -0.39 is 0 Å². The summed E-state index contributed by atoms with van der Waals surface area (Å²) in [5.41, 5.74) is 3.88. The molecule has 0 atom stereocenters. The molecular weight excluding hydrogens is 408 g/mol. The van der Waals surface area contributed by atoms with E-state index in [1.54, 1.807) is 0 Å². The molecule has 0 spiro atoms. The number of guanidine groups is 1. The molecule has 0 unspecified atom stereocenters. The Kier molecular flexibility index (Phi) is 8.53. The molecule has 2 aromatic carbocycles. The van der Waals surface area contributed by atoms with Gasteiger partial charge in [0.05, 0.1) is 13.1 Å². The van der Waals surface area contributed by atoms with Gasteiger partial charge in [0, 0.05) is 32.0 Å². The van der Waals surface area contributed by atoms with Crippen LogP contribution in [0.2, 0.25) is 0 Å².